The minimum Gasteiger partial charge on any atom is -0.383 e. The van der Waals surface area contributed by atoms with Crippen LogP contribution in [0.2, 0.25) is 0 Å². The Morgan fingerprint density at radius 3 is 3.00 bits per heavy atom. The number of methoxy groups -OCH3 is 1. The summed E-state index contributed by atoms with van der Waals surface area (Å²) in [5, 5.41) is 3.14. The molecule has 72 valence electrons. The first kappa shape index (κ1) is 10.2. The third kappa shape index (κ3) is 4.01. The molecule has 0 aromatic heterocycles. The van der Waals surface area contributed by atoms with Gasteiger partial charge >= 0.3 is 0 Å². The van der Waals surface area contributed by atoms with Crippen molar-refractivity contribution >= 4 is 0 Å². The van der Waals surface area contributed by atoms with Gasteiger partial charge in [0.15, 0.2) is 0 Å². The summed E-state index contributed by atoms with van der Waals surface area (Å²) in [7, 11) is 1.66. The highest BCUT2D eigenvalue weighted by molar-refractivity contribution is 5.15. The molecule has 0 spiro atoms. The van der Waals surface area contributed by atoms with Crippen LogP contribution >= 0.6 is 0 Å². The van der Waals surface area contributed by atoms with Gasteiger partial charge in [0.1, 0.15) is 5.82 Å². The summed E-state index contributed by atoms with van der Waals surface area (Å²) in [5.74, 6) is -0.189. The van der Waals surface area contributed by atoms with Crippen LogP contribution in [0.1, 0.15) is 5.56 Å². The fourth-order valence-corrected chi connectivity index (χ4v) is 1.05. The van der Waals surface area contributed by atoms with Crippen molar-refractivity contribution in [1.29, 1.82) is 0 Å². The number of nitrogens with one attached hydrogen (secondary N) is 1. The third-order valence-electron chi connectivity index (χ3n) is 1.70. The number of hydrogen-bond acceptors (Lipinski definition) is 2. The van der Waals surface area contributed by atoms with E-state index in [2.05, 4.69) is 5.32 Å². The van der Waals surface area contributed by atoms with Crippen molar-refractivity contribution in [3.63, 3.8) is 0 Å². The average Bonchev–Trinajstić information content (AvgIpc) is 2.13. The second kappa shape index (κ2) is 5.67. The van der Waals surface area contributed by atoms with Gasteiger partial charge in [-0.15, -0.1) is 0 Å². The van der Waals surface area contributed by atoms with Gasteiger partial charge in [-0.1, -0.05) is 12.1 Å². The lowest BCUT2D eigenvalue weighted by Gasteiger charge is -2.03. The molecule has 1 N–H and O–H groups in total. The molecule has 0 fully saturated rings. The summed E-state index contributed by atoms with van der Waals surface area (Å²) in [4.78, 5) is 0. The molecular weight excluding hydrogens is 169 g/mol. The van der Waals surface area contributed by atoms with E-state index in [0.717, 1.165) is 12.1 Å². The molecule has 1 rings (SSSR count). The number of hydrogen-bond donors (Lipinski definition) is 1. The van der Waals surface area contributed by atoms with Crippen molar-refractivity contribution in [1.82, 2.24) is 5.32 Å². The summed E-state index contributed by atoms with van der Waals surface area (Å²) in [6.07, 6.45) is 0. The molecule has 0 saturated heterocycles. The van der Waals surface area contributed by atoms with Crippen molar-refractivity contribution in [3.8, 4) is 0 Å². The second-order valence-electron chi connectivity index (χ2n) is 2.80. The summed E-state index contributed by atoms with van der Waals surface area (Å²) >= 11 is 0. The van der Waals surface area contributed by atoms with Gasteiger partial charge in [0, 0.05) is 20.2 Å². The highest BCUT2D eigenvalue weighted by Gasteiger charge is 1.93. The lowest BCUT2D eigenvalue weighted by molar-refractivity contribution is 0.199. The first-order valence-electron chi connectivity index (χ1n) is 4.27. The van der Waals surface area contributed by atoms with Crippen LogP contribution in [0, 0.1) is 5.82 Å². The van der Waals surface area contributed by atoms with Gasteiger partial charge in [-0.05, 0) is 17.7 Å². The molecule has 0 heterocycles. The van der Waals surface area contributed by atoms with Crippen molar-refractivity contribution in [2.24, 2.45) is 0 Å². The maximum absolute atomic E-state index is 12.7. The summed E-state index contributed by atoms with van der Waals surface area (Å²) in [6.45, 7) is 2.14. The Bertz CT molecular complexity index is 252. The van der Waals surface area contributed by atoms with Crippen LogP contribution in [0.25, 0.3) is 0 Å². The van der Waals surface area contributed by atoms with Crippen LogP contribution in [0.5, 0.6) is 0 Å². The molecule has 1 aromatic carbocycles. The van der Waals surface area contributed by atoms with Crippen molar-refractivity contribution in [3.05, 3.63) is 35.6 Å². The highest BCUT2D eigenvalue weighted by Crippen LogP contribution is 2.02. The van der Waals surface area contributed by atoms with E-state index in [1.54, 1.807) is 13.2 Å². The van der Waals surface area contributed by atoms with Gasteiger partial charge in [-0.2, -0.15) is 0 Å². The molecule has 0 aliphatic heterocycles. The Balaban J connectivity index is 2.28. The smallest absolute Gasteiger partial charge is 0.123 e. The molecule has 0 radical (unpaired) electrons. The van der Waals surface area contributed by atoms with E-state index in [1.807, 2.05) is 6.07 Å². The first-order chi connectivity index (χ1) is 6.33. The Hall–Kier alpha value is -0.930. The van der Waals surface area contributed by atoms with Crippen molar-refractivity contribution < 1.29 is 9.13 Å². The molecule has 0 unspecified atom stereocenters. The number of halogens is 1. The standard InChI is InChI=1S/C10H14FNO/c1-13-6-5-12-8-9-3-2-4-10(11)7-9/h2-4,7,12H,5-6,8H2,1H3. The number of benzene rings is 1. The van der Waals surface area contributed by atoms with E-state index in [9.17, 15) is 4.39 Å². The van der Waals surface area contributed by atoms with Crippen LogP contribution in [-0.4, -0.2) is 20.3 Å². The fourth-order valence-electron chi connectivity index (χ4n) is 1.05. The molecular formula is C10H14FNO. The monoisotopic (exact) mass is 183 g/mol. The average molecular weight is 183 g/mol. The molecule has 13 heavy (non-hydrogen) atoms. The van der Waals surface area contributed by atoms with Gasteiger partial charge in [0.05, 0.1) is 6.61 Å². The van der Waals surface area contributed by atoms with Gasteiger partial charge in [0.25, 0.3) is 0 Å². The molecule has 0 atom stereocenters. The Kier molecular flexibility index (Phi) is 4.43. The predicted octanol–water partition coefficient (Wildman–Crippen LogP) is 1.56. The predicted molar refractivity (Wildman–Crippen MR) is 50.0 cm³/mol. The molecule has 0 saturated carbocycles. The maximum Gasteiger partial charge on any atom is 0.123 e. The topological polar surface area (TPSA) is 21.3 Å². The van der Waals surface area contributed by atoms with Crippen LogP contribution in [0.3, 0.4) is 0 Å². The van der Waals surface area contributed by atoms with E-state index in [4.69, 9.17) is 4.74 Å². The quantitative estimate of drug-likeness (QED) is 0.699. The largest absolute Gasteiger partial charge is 0.383 e. The normalized spacial score (nSPS) is 10.3. The van der Waals surface area contributed by atoms with Gasteiger partial charge in [-0.3, -0.25) is 0 Å². The lowest BCUT2D eigenvalue weighted by atomic mass is 10.2. The van der Waals surface area contributed by atoms with Crippen molar-refractivity contribution in [2.75, 3.05) is 20.3 Å². The van der Waals surface area contributed by atoms with Crippen LogP contribution in [0.15, 0.2) is 24.3 Å². The Labute approximate surface area is 77.7 Å². The van der Waals surface area contributed by atoms with E-state index >= 15 is 0 Å². The zero-order valence-corrected chi connectivity index (χ0v) is 7.72. The van der Waals surface area contributed by atoms with E-state index in [-0.39, 0.29) is 5.82 Å². The minimum absolute atomic E-state index is 0.189. The summed E-state index contributed by atoms with van der Waals surface area (Å²) < 4.78 is 17.6. The van der Waals surface area contributed by atoms with Crippen molar-refractivity contribution in [2.45, 2.75) is 6.54 Å². The van der Waals surface area contributed by atoms with E-state index < -0.39 is 0 Å². The maximum atomic E-state index is 12.7. The van der Waals surface area contributed by atoms with E-state index in [1.165, 1.54) is 12.1 Å². The summed E-state index contributed by atoms with van der Waals surface area (Å²) in [5.41, 5.74) is 0.955. The van der Waals surface area contributed by atoms with Crippen LogP contribution in [-0.2, 0) is 11.3 Å². The zero-order valence-electron chi connectivity index (χ0n) is 7.72. The number of ether oxygens (including phenoxy) is 1. The summed E-state index contributed by atoms with van der Waals surface area (Å²) in [6, 6.07) is 6.57. The second-order valence-corrected chi connectivity index (χ2v) is 2.80. The van der Waals surface area contributed by atoms with Gasteiger partial charge in [-0.25, -0.2) is 4.39 Å². The van der Waals surface area contributed by atoms with Crippen LogP contribution < -0.4 is 5.32 Å². The van der Waals surface area contributed by atoms with E-state index in [0.29, 0.717) is 13.2 Å². The first-order valence-corrected chi connectivity index (χ1v) is 4.27. The molecule has 2 nitrogen and oxygen atoms in total. The fraction of sp³-hybridized carbons (Fsp3) is 0.400. The molecule has 1 aromatic rings. The van der Waals surface area contributed by atoms with Crippen LogP contribution in [0.4, 0.5) is 4.39 Å². The Morgan fingerprint density at radius 2 is 2.31 bits per heavy atom. The molecule has 0 amide bonds. The van der Waals surface area contributed by atoms with Gasteiger partial charge < -0.3 is 10.1 Å². The molecule has 3 heteroatoms. The molecule has 0 aliphatic rings. The molecule has 0 aliphatic carbocycles. The molecule has 0 bridgehead atoms. The lowest BCUT2D eigenvalue weighted by Crippen LogP contribution is -2.18. The number of rotatable bonds is 5. The SMILES string of the molecule is COCCNCc1cccc(F)c1. The van der Waals surface area contributed by atoms with Gasteiger partial charge in [0.2, 0.25) is 0 Å². The highest BCUT2D eigenvalue weighted by atomic mass is 19.1. The Morgan fingerprint density at radius 1 is 1.46 bits per heavy atom. The minimum atomic E-state index is -0.189. The third-order valence-corrected chi connectivity index (χ3v) is 1.70. The zero-order chi connectivity index (χ0) is 9.52.